The molecule has 0 saturated heterocycles. The average Bonchev–Trinajstić information content (AvgIpc) is 2.38. The minimum absolute atomic E-state index is 0.280. The molecule has 0 saturated carbocycles. The Morgan fingerprint density at radius 3 is 2.15 bits per heavy atom. The summed E-state index contributed by atoms with van der Waals surface area (Å²) in [5.41, 5.74) is 0.433. The molecule has 1 aromatic rings. The fourth-order valence-corrected chi connectivity index (χ4v) is 2.59. The zero-order valence-electron chi connectivity index (χ0n) is 12.7. The molecule has 0 amide bonds. The first-order chi connectivity index (χ1) is 9.35. The van der Waals surface area contributed by atoms with Crippen molar-refractivity contribution in [3.05, 3.63) is 29.3 Å². The van der Waals surface area contributed by atoms with Crippen molar-refractivity contribution in [1.82, 2.24) is 0 Å². The third-order valence-corrected chi connectivity index (χ3v) is 3.71. The van der Waals surface area contributed by atoms with Gasteiger partial charge in [0.2, 0.25) is 0 Å². The average molecular weight is 287 g/mol. The summed E-state index contributed by atoms with van der Waals surface area (Å²) in [6.45, 7) is 8.50. The molecule has 0 N–H and O–H groups in total. The summed E-state index contributed by atoms with van der Waals surface area (Å²) < 4.78 is 39.1. The Morgan fingerprint density at radius 1 is 1.10 bits per heavy atom. The van der Waals surface area contributed by atoms with Gasteiger partial charge in [0.25, 0.3) is 0 Å². The molecule has 114 valence electrons. The molecule has 1 aromatic carbocycles. The van der Waals surface area contributed by atoms with Crippen LogP contribution in [0.1, 0.15) is 51.2 Å². The van der Waals surface area contributed by atoms with Crippen LogP contribution in [-0.2, 0) is 6.18 Å². The minimum Gasteiger partial charge on any atom is -0.369 e. The van der Waals surface area contributed by atoms with Gasteiger partial charge in [0.15, 0.2) is 0 Å². The maximum Gasteiger partial charge on any atom is 0.416 e. The Kier molecular flexibility index (Phi) is 5.90. The van der Waals surface area contributed by atoms with Gasteiger partial charge in [-0.3, -0.25) is 0 Å². The van der Waals surface area contributed by atoms with Gasteiger partial charge in [0.05, 0.1) is 5.56 Å². The molecule has 0 unspecified atom stereocenters. The molecule has 0 radical (unpaired) electrons. The standard InChI is InChI=1S/C16H24F3N/c1-5-10-20(13(6-2)7-3)14-9-8-12(4)15(11-14)16(17,18)19/h8-9,11,13H,5-7,10H2,1-4H3. The zero-order chi connectivity index (χ0) is 15.3. The lowest BCUT2D eigenvalue weighted by Crippen LogP contribution is -2.35. The van der Waals surface area contributed by atoms with Gasteiger partial charge in [-0.2, -0.15) is 13.2 Å². The fourth-order valence-electron chi connectivity index (χ4n) is 2.59. The Morgan fingerprint density at radius 2 is 1.70 bits per heavy atom. The number of hydrogen-bond donors (Lipinski definition) is 0. The van der Waals surface area contributed by atoms with E-state index in [-0.39, 0.29) is 5.56 Å². The molecule has 0 atom stereocenters. The molecule has 0 aliphatic rings. The molecule has 0 bridgehead atoms. The quantitative estimate of drug-likeness (QED) is 0.675. The highest BCUT2D eigenvalue weighted by Crippen LogP contribution is 2.35. The van der Waals surface area contributed by atoms with E-state index in [1.807, 2.05) is 6.92 Å². The highest BCUT2D eigenvalue weighted by atomic mass is 19.4. The van der Waals surface area contributed by atoms with Gasteiger partial charge in [-0.25, -0.2) is 0 Å². The normalized spacial score (nSPS) is 12.0. The Hall–Kier alpha value is -1.19. The maximum absolute atomic E-state index is 13.0. The lowest BCUT2D eigenvalue weighted by molar-refractivity contribution is -0.138. The van der Waals surface area contributed by atoms with Gasteiger partial charge in [-0.15, -0.1) is 0 Å². The van der Waals surface area contributed by atoms with Gasteiger partial charge in [0, 0.05) is 18.3 Å². The maximum atomic E-state index is 13.0. The van der Waals surface area contributed by atoms with Gasteiger partial charge < -0.3 is 4.90 Å². The second kappa shape index (κ2) is 7.00. The summed E-state index contributed by atoms with van der Waals surface area (Å²) in [5, 5.41) is 0. The predicted molar refractivity (Wildman–Crippen MR) is 78.2 cm³/mol. The summed E-state index contributed by atoms with van der Waals surface area (Å²) in [6, 6.07) is 4.96. The van der Waals surface area contributed by atoms with Crippen molar-refractivity contribution in [2.75, 3.05) is 11.4 Å². The molecule has 1 nitrogen and oxygen atoms in total. The summed E-state index contributed by atoms with van der Waals surface area (Å²) in [6.07, 6.45) is -1.49. The van der Waals surface area contributed by atoms with E-state index in [1.54, 1.807) is 12.1 Å². The van der Waals surface area contributed by atoms with E-state index in [4.69, 9.17) is 0 Å². The van der Waals surface area contributed by atoms with Gasteiger partial charge in [-0.1, -0.05) is 26.8 Å². The van der Waals surface area contributed by atoms with Crippen LogP contribution in [0, 0.1) is 6.92 Å². The van der Waals surface area contributed by atoms with Crippen LogP contribution < -0.4 is 4.90 Å². The topological polar surface area (TPSA) is 3.24 Å². The molecule has 20 heavy (non-hydrogen) atoms. The van der Waals surface area contributed by atoms with Crippen molar-refractivity contribution in [2.45, 2.75) is 59.2 Å². The third kappa shape index (κ3) is 3.90. The highest BCUT2D eigenvalue weighted by molar-refractivity contribution is 5.52. The van der Waals surface area contributed by atoms with Crippen molar-refractivity contribution in [2.24, 2.45) is 0 Å². The Bertz CT molecular complexity index is 422. The molecule has 0 aliphatic heterocycles. The van der Waals surface area contributed by atoms with Crippen molar-refractivity contribution >= 4 is 5.69 Å². The lowest BCUT2D eigenvalue weighted by atomic mass is 10.0. The number of benzene rings is 1. The van der Waals surface area contributed by atoms with Crippen LogP contribution >= 0.6 is 0 Å². The summed E-state index contributed by atoms with van der Waals surface area (Å²) >= 11 is 0. The molecule has 4 heteroatoms. The summed E-state index contributed by atoms with van der Waals surface area (Å²) in [4.78, 5) is 2.11. The Balaban J connectivity index is 3.21. The van der Waals surface area contributed by atoms with E-state index < -0.39 is 11.7 Å². The van der Waals surface area contributed by atoms with E-state index >= 15 is 0 Å². The number of nitrogens with zero attached hydrogens (tertiary/aromatic N) is 1. The van der Waals surface area contributed by atoms with Crippen LogP contribution in [0.4, 0.5) is 18.9 Å². The first kappa shape index (κ1) is 16.9. The predicted octanol–water partition coefficient (Wildman–Crippen LogP) is 5.42. The van der Waals surface area contributed by atoms with Crippen molar-refractivity contribution in [1.29, 1.82) is 0 Å². The SMILES string of the molecule is CCCN(c1ccc(C)c(C(F)(F)F)c1)C(CC)CC. The van der Waals surface area contributed by atoms with E-state index in [2.05, 4.69) is 18.7 Å². The number of hydrogen-bond acceptors (Lipinski definition) is 1. The van der Waals surface area contributed by atoms with Crippen molar-refractivity contribution in [3.8, 4) is 0 Å². The number of anilines is 1. The fraction of sp³-hybridized carbons (Fsp3) is 0.625. The van der Waals surface area contributed by atoms with Crippen LogP contribution in [-0.4, -0.2) is 12.6 Å². The van der Waals surface area contributed by atoms with E-state index in [0.29, 0.717) is 11.7 Å². The monoisotopic (exact) mass is 287 g/mol. The molecular formula is C16H24F3N. The third-order valence-electron chi connectivity index (χ3n) is 3.71. The second-order valence-corrected chi connectivity index (χ2v) is 5.16. The Labute approximate surface area is 119 Å². The zero-order valence-corrected chi connectivity index (χ0v) is 12.7. The smallest absolute Gasteiger partial charge is 0.369 e. The van der Waals surface area contributed by atoms with E-state index in [0.717, 1.165) is 25.8 Å². The summed E-state index contributed by atoms with van der Waals surface area (Å²) in [7, 11) is 0. The van der Waals surface area contributed by atoms with Crippen molar-refractivity contribution < 1.29 is 13.2 Å². The molecular weight excluding hydrogens is 263 g/mol. The van der Waals surface area contributed by atoms with Crippen LogP contribution in [0.25, 0.3) is 0 Å². The molecule has 0 aliphatic carbocycles. The van der Waals surface area contributed by atoms with Crippen LogP contribution in [0.15, 0.2) is 18.2 Å². The van der Waals surface area contributed by atoms with Gasteiger partial charge in [-0.05, 0) is 43.9 Å². The number of rotatable bonds is 6. The largest absolute Gasteiger partial charge is 0.416 e. The molecule has 0 fully saturated rings. The van der Waals surface area contributed by atoms with Crippen LogP contribution in [0.3, 0.4) is 0 Å². The molecule has 0 aromatic heterocycles. The van der Waals surface area contributed by atoms with E-state index in [1.165, 1.54) is 13.0 Å². The summed E-state index contributed by atoms with van der Waals surface area (Å²) in [5.74, 6) is 0. The van der Waals surface area contributed by atoms with Crippen molar-refractivity contribution in [3.63, 3.8) is 0 Å². The lowest BCUT2D eigenvalue weighted by Gasteiger charge is -2.33. The first-order valence-electron chi connectivity index (χ1n) is 7.29. The van der Waals surface area contributed by atoms with Crippen LogP contribution in [0.2, 0.25) is 0 Å². The minimum atomic E-state index is -4.29. The second-order valence-electron chi connectivity index (χ2n) is 5.16. The van der Waals surface area contributed by atoms with Gasteiger partial charge in [0.1, 0.15) is 0 Å². The molecule has 0 heterocycles. The number of aryl methyl sites for hydroxylation is 1. The van der Waals surface area contributed by atoms with Gasteiger partial charge >= 0.3 is 6.18 Å². The molecule has 0 spiro atoms. The first-order valence-corrected chi connectivity index (χ1v) is 7.29. The number of halogens is 3. The molecule has 1 rings (SSSR count). The highest BCUT2D eigenvalue weighted by Gasteiger charge is 2.33. The van der Waals surface area contributed by atoms with E-state index in [9.17, 15) is 13.2 Å². The van der Waals surface area contributed by atoms with Crippen LogP contribution in [0.5, 0.6) is 0 Å². The number of alkyl halides is 3.